The lowest BCUT2D eigenvalue weighted by atomic mass is 10.1. The molecular weight excluding hydrogens is 354 g/mol. The van der Waals surface area contributed by atoms with Crippen molar-refractivity contribution >= 4 is 28.8 Å². The number of halogens is 1. The number of amides is 1. The van der Waals surface area contributed by atoms with E-state index in [1.165, 1.54) is 37.3 Å². The summed E-state index contributed by atoms with van der Waals surface area (Å²) >= 11 is 7.51. The number of nitrogens with zero attached hydrogens (tertiary/aromatic N) is 2. The number of likely N-dealkylation sites (tertiary alicyclic amines) is 1. The molecule has 0 radical (unpaired) electrons. The van der Waals surface area contributed by atoms with Gasteiger partial charge in [0.25, 0.3) is 5.91 Å². The topological polar surface area (TPSA) is 45.2 Å². The Labute approximate surface area is 158 Å². The number of thiazole rings is 1. The third-order valence-electron chi connectivity index (χ3n) is 4.48. The second-order valence-electron chi connectivity index (χ2n) is 6.46. The molecule has 0 spiro atoms. The fourth-order valence-electron chi connectivity index (χ4n) is 3.12. The Morgan fingerprint density at radius 3 is 2.88 bits per heavy atom. The number of carbonyl (C=O) groups excluding carboxylic acids is 1. The molecule has 1 N–H and O–H groups in total. The number of hydrogen-bond donors (Lipinski definition) is 1. The van der Waals surface area contributed by atoms with E-state index in [0.717, 1.165) is 45.6 Å². The maximum absolute atomic E-state index is 12.4. The number of aromatic nitrogens is 1. The van der Waals surface area contributed by atoms with Crippen molar-refractivity contribution in [3.05, 3.63) is 50.4 Å². The van der Waals surface area contributed by atoms with Crippen molar-refractivity contribution in [3.63, 3.8) is 0 Å². The molecule has 0 bridgehead atoms. The summed E-state index contributed by atoms with van der Waals surface area (Å²) in [5.74, 6) is -0.0237. The molecule has 1 fully saturated rings. The van der Waals surface area contributed by atoms with Gasteiger partial charge >= 0.3 is 0 Å². The summed E-state index contributed by atoms with van der Waals surface area (Å²) in [5, 5.41) is 4.78. The number of carbonyl (C=O) groups is 1. The largest absolute Gasteiger partial charge is 0.351 e. The third kappa shape index (κ3) is 5.27. The van der Waals surface area contributed by atoms with Gasteiger partial charge in [0.1, 0.15) is 4.88 Å². The predicted molar refractivity (Wildman–Crippen MR) is 104 cm³/mol. The molecule has 1 aliphatic rings. The molecule has 6 heteroatoms. The van der Waals surface area contributed by atoms with E-state index < -0.39 is 0 Å². The molecule has 0 atom stereocenters. The molecule has 1 saturated heterocycles. The number of rotatable bonds is 7. The highest BCUT2D eigenvalue weighted by molar-refractivity contribution is 7.13. The molecule has 0 unspecified atom stereocenters. The van der Waals surface area contributed by atoms with Crippen molar-refractivity contribution in [3.8, 4) is 0 Å². The van der Waals surface area contributed by atoms with Crippen molar-refractivity contribution < 1.29 is 4.79 Å². The molecule has 0 aliphatic carbocycles. The van der Waals surface area contributed by atoms with Crippen LogP contribution >= 0.6 is 22.9 Å². The molecule has 0 saturated carbocycles. The summed E-state index contributed by atoms with van der Waals surface area (Å²) in [6.07, 6.45) is 4.31. The SMILES string of the molecule is Cc1nc(CCN2CCCC2)sc1C(=O)NCCc1cccc(Cl)c1. The van der Waals surface area contributed by atoms with Gasteiger partial charge < -0.3 is 10.2 Å². The van der Waals surface area contributed by atoms with E-state index in [9.17, 15) is 4.79 Å². The van der Waals surface area contributed by atoms with E-state index in [1.807, 2.05) is 31.2 Å². The minimum Gasteiger partial charge on any atom is -0.351 e. The van der Waals surface area contributed by atoms with Gasteiger partial charge in [-0.25, -0.2) is 4.98 Å². The standard InChI is InChI=1S/C19H24ClN3OS/c1-14-18(25-17(22-14)8-12-23-10-2-3-11-23)19(24)21-9-7-15-5-4-6-16(20)13-15/h4-6,13H,2-3,7-12H2,1H3,(H,21,24). The molecule has 1 amide bonds. The molecule has 2 heterocycles. The third-order valence-corrected chi connectivity index (χ3v) is 5.93. The van der Waals surface area contributed by atoms with Crippen LogP contribution in [-0.4, -0.2) is 42.0 Å². The van der Waals surface area contributed by atoms with Gasteiger partial charge in [-0.15, -0.1) is 11.3 Å². The average molecular weight is 378 g/mol. The second kappa shape index (κ2) is 8.79. The Kier molecular flexibility index (Phi) is 6.45. The van der Waals surface area contributed by atoms with Crippen molar-refractivity contribution in [2.45, 2.75) is 32.6 Å². The van der Waals surface area contributed by atoms with Gasteiger partial charge in [-0.2, -0.15) is 0 Å². The highest BCUT2D eigenvalue weighted by Crippen LogP contribution is 2.19. The Bertz CT molecular complexity index is 725. The maximum atomic E-state index is 12.4. The second-order valence-corrected chi connectivity index (χ2v) is 7.98. The van der Waals surface area contributed by atoms with Crippen LogP contribution < -0.4 is 5.32 Å². The molecule has 3 rings (SSSR count). The zero-order chi connectivity index (χ0) is 17.6. The molecule has 1 aromatic carbocycles. The number of benzene rings is 1. The highest BCUT2D eigenvalue weighted by atomic mass is 35.5. The van der Waals surface area contributed by atoms with Crippen LogP contribution in [0.1, 0.15) is 38.8 Å². The van der Waals surface area contributed by atoms with Gasteiger partial charge in [0.2, 0.25) is 0 Å². The fourth-order valence-corrected chi connectivity index (χ4v) is 4.31. The van der Waals surface area contributed by atoms with Gasteiger partial charge in [-0.1, -0.05) is 23.7 Å². The Morgan fingerprint density at radius 1 is 1.32 bits per heavy atom. The monoisotopic (exact) mass is 377 g/mol. The van der Waals surface area contributed by atoms with Crippen LogP contribution in [0.2, 0.25) is 5.02 Å². The van der Waals surface area contributed by atoms with E-state index in [-0.39, 0.29) is 5.91 Å². The number of nitrogens with one attached hydrogen (secondary N) is 1. The zero-order valence-corrected chi connectivity index (χ0v) is 16.1. The first-order valence-electron chi connectivity index (χ1n) is 8.83. The van der Waals surface area contributed by atoms with Gasteiger partial charge in [-0.05, 0) is 57.0 Å². The molecule has 1 aromatic heterocycles. The van der Waals surface area contributed by atoms with Gasteiger partial charge in [-0.3, -0.25) is 4.79 Å². The van der Waals surface area contributed by atoms with Crippen LogP contribution in [0.5, 0.6) is 0 Å². The molecule has 25 heavy (non-hydrogen) atoms. The number of aryl methyl sites for hydroxylation is 1. The molecule has 2 aromatic rings. The summed E-state index contributed by atoms with van der Waals surface area (Å²) in [5.41, 5.74) is 1.96. The fraction of sp³-hybridized carbons (Fsp3) is 0.474. The van der Waals surface area contributed by atoms with Crippen LogP contribution in [-0.2, 0) is 12.8 Å². The molecular formula is C19H24ClN3OS. The molecule has 134 valence electrons. The van der Waals surface area contributed by atoms with Crippen LogP contribution in [0, 0.1) is 6.92 Å². The zero-order valence-electron chi connectivity index (χ0n) is 14.6. The van der Waals surface area contributed by atoms with Crippen LogP contribution in [0.25, 0.3) is 0 Å². The molecule has 1 aliphatic heterocycles. The summed E-state index contributed by atoms with van der Waals surface area (Å²) in [7, 11) is 0. The van der Waals surface area contributed by atoms with Crippen molar-refractivity contribution in [1.29, 1.82) is 0 Å². The van der Waals surface area contributed by atoms with E-state index in [0.29, 0.717) is 6.54 Å². The lowest BCUT2D eigenvalue weighted by molar-refractivity contribution is 0.0957. The van der Waals surface area contributed by atoms with Gasteiger partial charge in [0.05, 0.1) is 10.7 Å². The quantitative estimate of drug-likeness (QED) is 0.799. The summed E-state index contributed by atoms with van der Waals surface area (Å²) in [6, 6.07) is 7.74. The van der Waals surface area contributed by atoms with E-state index in [4.69, 9.17) is 11.6 Å². The average Bonchev–Trinajstić information content (AvgIpc) is 3.22. The van der Waals surface area contributed by atoms with Crippen LogP contribution in [0.3, 0.4) is 0 Å². The van der Waals surface area contributed by atoms with E-state index in [1.54, 1.807) is 0 Å². The van der Waals surface area contributed by atoms with Gasteiger partial charge in [0.15, 0.2) is 0 Å². The normalized spacial score (nSPS) is 14.8. The van der Waals surface area contributed by atoms with Crippen LogP contribution in [0.4, 0.5) is 0 Å². The minimum atomic E-state index is -0.0237. The first-order chi connectivity index (χ1) is 12.1. The van der Waals surface area contributed by atoms with E-state index >= 15 is 0 Å². The minimum absolute atomic E-state index is 0.0237. The highest BCUT2D eigenvalue weighted by Gasteiger charge is 2.16. The maximum Gasteiger partial charge on any atom is 0.263 e. The lowest BCUT2D eigenvalue weighted by Crippen LogP contribution is -2.25. The summed E-state index contributed by atoms with van der Waals surface area (Å²) in [4.78, 5) is 20.2. The van der Waals surface area contributed by atoms with Crippen molar-refractivity contribution in [1.82, 2.24) is 15.2 Å². The molecule has 4 nitrogen and oxygen atoms in total. The Hall–Kier alpha value is -1.43. The van der Waals surface area contributed by atoms with E-state index in [2.05, 4.69) is 15.2 Å². The van der Waals surface area contributed by atoms with Gasteiger partial charge in [0, 0.05) is 24.5 Å². The van der Waals surface area contributed by atoms with Crippen molar-refractivity contribution in [2.24, 2.45) is 0 Å². The first-order valence-corrected chi connectivity index (χ1v) is 10.0. The lowest BCUT2D eigenvalue weighted by Gasteiger charge is -2.12. The summed E-state index contributed by atoms with van der Waals surface area (Å²) in [6.45, 7) is 5.95. The number of hydrogen-bond acceptors (Lipinski definition) is 4. The smallest absolute Gasteiger partial charge is 0.263 e. The first kappa shape index (κ1) is 18.4. The Balaban J connectivity index is 1.49. The summed E-state index contributed by atoms with van der Waals surface area (Å²) < 4.78 is 0. The van der Waals surface area contributed by atoms with Crippen molar-refractivity contribution in [2.75, 3.05) is 26.2 Å². The van der Waals surface area contributed by atoms with Crippen LogP contribution in [0.15, 0.2) is 24.3 Å². The predicted octanol–water partition coefficient (Wildman–Crippen LogP) is 3.72. The Morgan fingerprint density at radius 2 is 2.12 bits per heavy atom.